The van der Waals surface area contributed by atoms with E-state index in [4.69, 9.17) is 19.2 Å². The molecule has 0 spiro atoms. The van der Waals surface area contributed by atoms with Gasteiger partial charge in [0, 0.05) is 0 Å². The van der Waals surface area contributed by atoms with Crippen molar-refractivity contribution in [1.82, 2.24) is 0 Å². The molecule has 0 rings (SSSR count). The highest BCUT2D eigenvalue weighted by atomic mass is 31.2. The first-order valence-corrected chi connectivity index (χ1v) is 20.0. The van der Waals surface area contributed by atoms with E-state index < -0.39 is 7.82 Å². The van der Waals surface area contributed by atoms with E-state index in [1.165, 1.54) is 168 Å². The van der Waals surface area contributed by atoms with E-state index in [9.17, 15) is 0 Å². The Morgan fingerprint density at radius 1 is 0.364 bits per heavy atom. The summed E-state index contributed by atoms with van der Waals surface area (Å²) in [6, 6.07) is 0. The van der Waals surface area contributed by atoms with Gasteiger partial charge in [-0.1, -0.05) is 97.8 Å². The lowest BCUT2D eigenvalue weighted by Crippen LogP contribution is -2.39. The third-order valence-electron chi connectivity index (χ3n) is 8.92. The molecule has 0 aromatic carbocycles. The van der Waals surface area contributed by atoms with Crippen LogP contribution < -0.4 is 14.7 Å². The third-order valence-corrected chi connectivity index (χ3v) is 8.92. The fourth-order valence-electron chi connectivity index (χ4n) is 4.43. The number of rotatable bonds is 24. The second kappa shape index (κ2) is 32.9. The van der Waals surface area contributed by atoms with Gasteiger partial charge in [-0.2, -0.15) is 7.82 Å². The van der Waals surface area contributed by atoms with E-state index in [2.05, 4.69) is 83.8 Å². The molecule has 0 aliphatic carbocycles. The van der Waals surface area contributed by atoms with E-state index in [1.807, 2.05) is 0 Å². The van der Waals surface area contributed by atoms with Crippen LogP contribution in [0.4, 0.5) is 0 Å². The quantitative estimate of drug-likeness (QED) is 0.0613. The van der Waals surface area contributed by atoms with E-state index in [-0.39, 0.29) is 0 Å². The monoisotopic (exact) mass is 654 g/mol. The van der Waals surface area contributed by atoms with Gasteiger partial charge >= 0.3 is 0 Å². The number of nitrogens with zero attached hydrogens (tertiary/aromatic N) is 3. The van der Waals surface area contributed by atoms with Gasteiger partial charge in [-0.05, 0) is 59.3 Å². The maximum absolute atomic E-state index is 8.55. The first kappa shape index (κ1) is 50.8. The van der Waals surface area contributed by atoms with E-state index in [0.717, 1.165) is 0 Å². The standard InChI is InChI=1S/3C12H28N.H3O4P/c3*1-5-7-8-9-10-11-12-13(3,4)6-2;1-5(2,3)4/h3*5-12H2,1-4H3;(H3,1,2,3,4)/q3*+1;/p-3. The fourth-order valence-corrected chi connectivity index (χ4v) is 4.43. The van der Waals surface area contributed by atoms with Crippen molar-refractivity contribution in [2.75, 3.05) is 81.6 Å². The van der Waals surface area contributed by atoms with Gasteiger partial charge in [0.1, 0.15) is 0 Å². The van der Waals surface area contributed by atoms with Crippen molar-refractivity contribution in [3.05, 3.63) is 0 Å². The van der Waals surface area contributed by atoms with Gasteiger partial charge in [-0.15, -0.1) is 0 Å². The lowest BCUT2D eigenvalue weighted by atomic mass is 10.1. The molecule has 0 amide bonds. The summed E-state index contributed by atoms with van der Waals surface area (Å²) in [4.78, 5) is 25.6. The summed E-state index contributed by atoms with van der Waals surface area (Å²) in [5.74, 6) is 0. The Balaban J connectivity index is -0.000000253. The Bertz CT molecular complexity index is 535. The Morgan fingerprint density at radius 2 is 0.523 bits per heavy atom. The molecular weight excluding hydrogens is 569 g/mol. The average molecular weight is 654 g/mol. The highest BCUT2D eigenvalue weighted by Crippen LogP contribution is 2.09. The summed E-state index contributed by atoms with van der Waals surface area (Å²) in [5, 5.41) is 0. The van der Waals surface area contributed by atoms with Gasteiger partial charge in [0.25, 0.3) is 0 Å². The average Bonchev–Trinajstić information content (AvgIpc) is 2.94. The SMILES string of the molecule is CCCCCCCC[N+](C)(C)CC.CCCCCCCC[N+](C)(C)CC.CCCCCCCC[N+](C)(C)CC.O=P([O-])([O-])[O-]. The summed E-state index contributed by atoms with van der Waals surface area (Å²) < 4.78 is 12.1. The molecule has 0 radical (unpaired) electrons. The summed E-state index contributed by atoms with van der Waals surface area (Å²) in [6.07, 6.45) is 25.5. The molecule has 0 N–H and O–H groups in total. The maximum atomic E-state index is 8.55. The molecule has 0 aromatic rings. The van der Waals surface area contributed by atoms with Crippen LogP contribution in [0.2, 0.25) is 0 Å². The molecule has 0 aliphatic heterocycles. The van der Waals surface area contributed by atoms with Crippen LogP contribution in [-0.2, 0) is 4.57 Å². The van der Waals surface area contributed by atoms with E-state index in [1.54, 1.807) is 0 Å². The first-order valence-electron chi connectivity index (χ1n) is 18.6. The highest BCUT2D eigenvalue weighted by molar-refractivity contribution is 7.40. The highest BCUT2D eigenvalue weighted by Gasteiger charge is 2.11. The molecule has 0 saturated carbocycles. The molecule has 7 nitrogen and oxygen atoms in total. The molecule has 0 aromatic heterocycles. The van der Waals surface area contributed by atoms with Gasteiger partial charge in [-0.3, -0.25) is 0 Å². The number of unbranched alkanes of at least 4 members (excludes halogenated alkanes) is 15. The smallest absolute Gasteiger partial charge is 0.0782 e. The number of quaternary nitrogens is 3. The van der Waals surface area contributed by atoms with Gasteiger partial charge in [0.2, 0.25) is 0 Å². The first-order chi connectivity index (χ1) is 20.4. The molecule has 272 valence electrons. The predicted molar refractivity (Wildman–Crippen MR) is 190 cm³/mol. The van der Waals surface area contributed by atoms with Crippen molar-refractivity contribution in [1.29, 1.82) is 0 Å². The molecule has 0 aliphatic rings. The zero-order chi connectivity index (χ0) is 35.0. The minimum atomic E-state index is -5.39. The maximum Gasteiger partial charge on any atom is 0.0782 e. The Hall–Kier alpha value is -0.0100. The normalized spacial score (nSPS) is 12.0. The Kier molecular flexibility index (Phi) is 38.0. The third kappa shape index (κ3) is 54.5. The van der Waals surface area contributed by atoms with E-state index >= 15 is 0 Å². The lowest BCUT2D eigenvalue weighted by Gasteiger charge is -2.36. The van der Waals surface area contributed by atoms with E-state index in [0.29, 0.717) is 0 Å². The van der Waals surface area contributed by atoms with Crippen LogP contribution in [0.25, 0.3) is 0 Å². The van der Waals surface area contributed by atoms with Crippen LogP contribution in [0.15, 0.2) is 0 Å². The fraction of sp³-hybridized carbons (Fsp3) is 1.00. The van der Waals surface area contributed by atoms with Gasteiger partial charge in [-0.25, -0.2) is 0 Å². The molecule has 8 heteroatoms. The van der Waals surface area contributed by atoms with Crippen LogP contribution in [0.1, 0.15) is 157 Å². The minimum absolute atomic E-state index is 1.19. The van der Waals surface area contributed by atoms with Crippen molar-refractivity contribution in [3.8, 4) is 0 Å². The van der Waals surface area contributed by atoms with Crippen molar-refractivity contribution in [2.24, 2.45) is 0 Å². The van der Waals surface area contributed by atoms with Crippen molar-refractivity contribution in [2.45, 2.75) is 157 Å². The minimum Gasteiger partial charge on any atom is -0.822 e. The molecule has 0 fully saturated rings. The molecule has 44 heavy (non-hydrogen) atoms. The summed E-state index contributed by atoms with van der Waals surface area (Å²) in [6.45, 7) is 21.5. The number of hydrogen-bond acceptors (Lipinski definition) is 4. The number of phosphoric acid groups is 1. The Labute approximate surface area is 278 Å². The van der Waals surface area contributed by atoms with Gasteiger partial charge in [0.05, 0.1) is 81.6 Å². The largest absolute Gasteiger partial charge is 0.822 e. The molecular formula is C36H84N3O4P. The van der Waals surface area contributed by atoms with Gasteiger partial charge in [0.15, 0.2) is 0 Å². The molecule has 0 saturated heterocycles. The predicted octanol–water partition coefficient (Wildman–Crippen LogP) is 7.51. The number of hydrogen-bond donors (Lipinski definition) is 0. The molecule has 0 heterocycles. The van der Waals surface area contributed by atoms with Crippen LogP contribution in [0, 0.1) is 0 Å². The van der Waals surface area contributed by atoms with Gasteiger partial charge < -0.3 is 32.7 Å². The summed E-state index contributed by atoms with van der Waals surface area (Å²) >= 11 is 0. The zero-order valence-electron chi connectivity index (χ0n) is 32.4. The van der Waals surface area contributed by atoms with Crippen molar-refractivity contribution >= 4 is 7.82 Å². The van der Waals surface area contributed by atoms with Crippen LogP contribution in [0.5, 0.6) is 0 Å². The Morgan fingerprint density at radius 3 is 0.682 bits per heavy atom. The summed E-state index contributed by atoms with van der Waals surface area (Å²) in [5.41, 5.74) is 0. The summed E-state index contributed by atoms with van der Waals surface area (Å²) in [7, 11) is 8.56. The van der Waals surface area contributed by atoms with Crippen LogP contribution in [0.3, 0.4) is 0 Å². The molecule has 0 atom stereocenters. The molecule has 0 unspecified atom stereocenters. The second-order valence-corrected chi connectivity index (χ2v) is 15.6. The molecule has 0 bridgehead atoms. The van der Waals surface area contributed by atoms with Crippen LogP contribution >= 0.6 is 7.82 Å². The topological polar surface area (TPSA) is 86.2 Å². The van der Waals surface area contributed by atoms with Crippen molar-refractivity contribution in [3.63, 3.8) is 0 Å². The van der Waals surface area contributed by atoms with Crippen molar-refractivity contribution < 1.29 is 32.7 Å². The van der Waals surface area contributed by atoms with Crippen LogP contribution in [-0.4, -0.2) is 95.0 Å². The second-order valence-electron chi connectivity index (χ2n) is 14.7. The zero-order valence-corrected chi connectivity index (χ0v) is 33.3. The lowest BCUT2D eigenvalue weighted by molar-refractivity contribution is -0.888.